The lowest BCUT2D eigenvalue weighted by atomic mass is 10.1. The number of fused-ring (bicyclic) bond motifs is 2. The SMILES string of the molecule is CCN(C)CC.O=C([O-])C[n+]1c(/C=C/C2=CC(=C/C=C3/Sc4ccccc4N3CC(=O)O)COC2)sc2ccccc21. The molecular weight excluding hydrogens is 571 g/mol. The van der Waals surface area contributed by atoms with Crippen molar-refractivity contribution in [3.05, 3.63) is 94.0 Å². The lowest BCUT2D eigenvalue weighted by Crippen LogP contribution is -2.44. The van der Waals surface area contributed by atoms with Crippen LogP contribution in [0.5, 0.6) is 0 Å². The summed E-state index contributed by atoms with van der Waals surface area (Å²) in [5.74, 6) is -2.03. The maximum atomic E-state index is 11.4. The number of ether oxygens (including phenoxy) is 1. The van der Waals surface area contributed by atoms with Crippen LogP contribution in [0.25, 0.3) is 16.3 Å². The number of hydrogen-bond acceptors (Lipinski definition) is 8. The van der Waals surface area contributed by atoms with E-state index in [1.54, 1.807) is 21.2 Å². The molecule has 0 radical (unpaired) electrons. The molecule has 42 heavy (non-hydrogen) atoms. The summed E-state index contributed by atoms with van der Waals surface area (Å²) in [7, 11) is 2.11. The van der Waals surface area contributed by atoms with Gasteiger partial charge in [0, 0.05) is 17.0 Å². The van der Waals surface area contributed by atoms with Gasteiger partial charge in [-0.05, 0) is 61.6 Å². The number of nitrogens with zero attached hydrogens (tertiary/aromatic N) is 3. The fraction of sp³-hybridized carbons (Fsp3) is 0.281. The van der Waals surface area contributed by atoms with E-state index in [4.69, 9.17) is 4.74 Å². The van der Waals surface area contributed by atoms with E-state index in [9.17, 15) is 19.8 Å². The van der Waals surface area contributed by atoms with Crippen LogP contribution < -0.4 is 14.6 Å². The molecule has 3 heterocycles. The van der Waals surface area contributed by atoms with Gasteiger partial charge in [-0.2, -0.15) is 4.57 Å². The molecule has 0 aliphatic carbocycles. The molecule has 220 valence electrons. The molecule has 0 unspecified atom stereocenters. The number of hydrogen-bond donors (Lipinski definition) is 1. The minimum Gasteiger partial charge on any atom is -0.544 e. The predicted octanol–water partition coefficient (Wildman–Crippen LogP) is 4.33. The van der Waals surface area contributed by atoms with Gasteiger partial charge in [-0.15, -0.1) is 0 Å². The van der Waals surface area contributed by atoms with Crippen LogP contribution in [0.4, 0.5) is 5.69 Å². The molecule has 0 atom stereocenters. The Morgan fingerprint density at radius 2 is 1.81 bits per heavy atom. The Kier molecular flexibility index (Phi) is 11.1. The van der Waals surface area contributed by atoms with Crippen molar-refractivity contribution in [2.45, 2.75) is 25.3 Å². The number of benzene rings is 2. The van der Waals surface area contributed by atoms with Crippen LogP contribution >= 0.6 is 23.1 Å². The van der Waals surface area contributed by atoms with Gasteiger partial charge in [0.05, 0.1) is 23.9 Å². The minimum atomic E-state index is -1.14. The summed E-state index contributed by atoms with van der Waals surface area (Å²) in [6.45, 7) is 7.21. The average molecular weight is 606 g/mol. The molecule has 0 fully saturated rings. The van der Waals surface area contributed by atoms with Crippen LogP contribution in [0.3, 0.4) is 0 Å². The van der Waals surface area contributed by atoms with Crippen molar-refractivity contribution in [2.75, 3.05) is 44.8 Å². The topological polar surface area (TPSA) is 97.0 Å². The molecule has 2 aliphatic rings. The van der Waals surface area contributed by atoms with E-state index in [-0.39, 0.29) is 13.1 Å². The number of carboxylic acid groups (broad SMARTS) is 2. The normalized spacial score (nSPS) is 16.7. The van der Waals surface area contributed by atoms with E-state index < -0.39 is 11.9 Å². The molecule has 0 spiro atoms. The molecule has 0 saturated heterocycles. The maximum Gasteiger partial charge on any atom is 0.323 e. The third-order valence-corrected chi connectivity index (χ3v) is 8.98. The maximum absolute atomic E-state index is 11.4. The highest BCUT2D eigenvalue weighted by Crippen LogP contribution is 2.45. The molecule has 5 rings (SSSR count). The first kappa shape index (κ1) is 31.2. The first-order valence-corrected chi connectivity index (χ1v) is 15.4. The Bertz CT molecular complexity index is 1550. The molecule has 0 amide bonds. The monoisotopic (exact) mass is 605 g/mol. The number of carbonyl (C=O) groups excluding carboxylic acids is 1. The molecule has 0 bridgehead atoms. The third kappa shape index (κ3) is 8.19. The quantitative estimate of drug-likeness (QED) is 0.360. The van der Waals surface area contributed by atoms with Crippen LogP contribution in [0, 0.1) is 0 Å². The van der Waals surface area contributed by atoms with Crippen molar-refractivity contribution in [1.82, 2.24) is 4.90 Å². The summed E-state index contributed by atoms with van der Waals surface area (Å²) >= 11 is 3.06. The van der Waals surface area contributed by atoms with Gasteiger partial charge in [0.1, 0.15) is 17.2 Å². The number of para-hydroxylation sites is 2. The van der Waals surface area contributed by atoms with Crippen molar-refractivity contribution in [2.24, 2.45) is 0 Å². The number of allylic oxidation sites excluding steroid dienone is 2. The average Bonchev–Trinajstić information content (AvgIpc) is 3.52. The molecule has 1 aromatic heterocycles. The molecular formula is C32H35N3O5S2. The van der Waals surface area contributed by atoms with E-state index in [2.05, 4.69) is 25.8 Å². The summed E-state index contributed by atoms with van der Waals surface area (Å²) in [5, 5.41) is 22.3. The lowest BCUT2D eigenvalue weighted by molar-refractivity contribution is -0.663. The summed E-state index contributed by atoms with van der Waals surface area (Å²) in [4.78, 5) is 27.8. The second-order valence-corrected chi connectivity index (χ2v) is 11.8. The Hall–Kier alpha value is -3.70. The second-order valence-electron chi connectivity index (χ2n) is 9.70. The van der Waals surface area contributed by atoms with Crippen LogP contribution in [-0.4, -0.2) is 61.8 Å². The van der Waals surface area contributed by atoms with Crippen LogP contribution in [-0.2, 0) is 20.9 Å². The highest BCUT2D eigenvalue weighted by Gasteiger charge is 2.26. The van der Waals surface area contributed by atoms with Gasteiger partial charge in [0.2, 0.25) is 5.52 Å². The molecule has 3 aromatic rings. The highest BCUT2D eigenvalue weighted by atomic mass is 32.2. The molecule has 10 heteroatoms. The number of carbonyl (C=O) groups is 2. The first-order valence-electron chi connectivity index (χ1n) is 13.7. The number of aliphatic carboxylic acids is 2. The van der Waals surface area contributed by atoms with Crippen LogP contribution in [0.15, 0.2) is 93.9 Å². The Balaban J connectivity index is 0.000000612. The zero-order valence-corrected chi connectivity index (χ0v) is 25.6. The number of aromatic nitrogens is 1. The molecule has 0 saturated carbocycles. The Labute approximate surface area is 254 Å². The standard InChI is InChI=1S/C27H22N2O5S2.C5H13N/c30-26(31)14-28-20-5-1-3-7-22(20)35-24(28)11-9-18-13-19(17-34-16-18)10-12-25-29(15-27(32)33)21-6-2-4-8-23(21)36-25;1-4-6(3)5-2/h1-13H,14-17H2,(H-,30,31,32,33);4-5H2,1-3H3. The smallest absolute Gasteiger partial charge is 0.323 e. The number of rotatable bonds is 9. The first-order chi connectivity index (χ1) is 20.3. The summed E-state index contributed by atoms with van der Waals surface area (Å²) < 4.78 is 8.51. The van der Waals surface area contributed by atoms with E-state index >= 15 is 0 Å². The fourth-order valence-corrected chi connectivity index (χ4v) is 6.45. The van der Waals surface area contributed by atoms with Gasteiger partial charge in [-0.3, -0.25) is 4.79 Å². The zero-order chi connectivity index (χ0) is 30.1. The molecule has 8 nitrogen and oxygen atoms in total. The highest BCUT2D eigenvalue weighted by molar-refractivity contribution is 8.03. The predicted molar refractivity (Wildman–Crippen MR) is 167 cm³/mol. The molecule has 1 N–H and O–H groups in total. The van der Waals surface area contributed by atoms with Crippen molar-refractivity contribution >= 4 is 57.0 Å². The second kappa shape index (κ2) is 15.0. The largest absolute Gasteiger partial charge is 0.544 e. The van der Waals surface area contributed by atoms with E-state index in [0.29, 0.717) is 13.2 Å². The number of thioether (sulfide) groups is 1. The van der Waals surface area contributed by atoms with Crippen LogP contribution in [0.2, 0.25) is 0 Å². The zero-order valence-electron chi connectivity index (χ0n) is 24.0. The lowest BCUT2D eigenvalue weighted by Gasteiger charge is -2.18. The van der Waals surface area contributed by atoms with Gasteiger partial charge in [0.25, 0.3) is 5.01 Å². The number of carboxylic acids is 2. The van der Waals surface area contributed by atoms with Crippen LogP contribution in [0.1, 0.15) is 18.9 Å². The van der Waals surface area contributed by atoms with E-state index in [1.807, 2.05) is 78.9 Å². The number of anilines is 1. The van der Waals surface area contributed by atoms with Gasteiger partial charge in [0.15, 0.2) is 6.54 Å². The van der Waals surface area contributed by atoms with E-state index in [0.717, 1.165) is 55.1 Å². The van der Waals surface area contributed by atoms with Gasteiger partial charge in [-0.1, -0.05) is 73.4 Å². The van der Waals surface area contributed by atoms with Crippen molar-refractivity contribution in [3.8, 4) is 0 Å². The Morgan fingerprint density at radius 3 is 2.52 bits per heavy atom. The summed E-state index contributed by atoms with van der Waals surface area (Å²) in [5.41, 5.74) is 3.66. The summed E-state index contributed by atoms with van der Waals surface area (Å²) in [6.07, 6.45) is 9.76. The van der Waals surface area contributed by atoms with Gasteiger partial charge in [-0.25, -0.2) is 0 Å². The molecule has 2 aromatic carbocycles. The minimum absolute atomic E-state index is 0.111. The third-order valence-electron chi connectivity index (χ3n) is 6.72. The van der Waals surface area contributed by atoms with Crippen molar-refractivity contribution in [1.29, 1.82) is 0 Å². The van der Waals surface area contributed by atoms with Crippen molar-refractivity contribution in [3.63, 3.8) is 0 Å². The van der Waals surface area contributed by atoms with Crippen molar-refractivity contribution < 1.29 is 29.1 Å². The van der Waals surface area contributed by atoms with Gasteiger partial charge >= 0.3 is 5.97 Å². The van der Waals surface area contributed by atoms with Gasteiger partial charge < -0.3 is 29.5 Å². The fourth-order valence-electron chi connectivity index (χ4n) is 4.33. The van der Waals surface area contributed by atoms with E-state index in [1.165, 1.54) is 11.3 Å². The number of thiazole rings is 1. The summed E-state index contributed by atoms with van der Waals surface area (Å²) in [6, 6.07) is 15.4. The molecule has 2 aliphatic heterocycles. The Morgan fingerprint density at radius 1 is 1.07 bits per heavy atom.